The molecule has 160 valence electrons. The SMILES string of the molecule is COC(=O)c1ccc(-c2noc(-c3ccc(-c4ccccc4C)c([N+](=O)[O-])c3)n2)cc1F. The van der Waals surface area contributed by atoms with Crippen molar-refractivity contribution in [2.24, 2.45) is 0 Å². The maximum Gasteiger partial charge on any atom is 0.340 e. The molecule has 0 aliphatic rings. The van der Waals surface area contributed by atoms with E-state index in [0.29, 0.717) is 11.1 Å². The molecule has 0 aliphatic carbocycles. The number of methoxy groups -OCH3 is 1. The van der Waals surface area contributed by atoms with E-state index in [2.05, 4.69) is 14.9 Å². The van der Waals surface area contributed by atoms with E-state index in [9.17, 15) is 19.3 Å². The number of ether oxygens (including phenoxy) is 1. The van der Waals surface area contributed by atoms with Crippen molar-refractivity contribution in [2.75, 3.05) is 7.11 Å². The Kier molecular flexibility index (Phi) is 5.46. The average molecular weight is 433 g/mol. The van der Waals surface area contributed by atoms with Gasteiger partial charge in [-0.25, -0.2) is 9.18 Å². The van der Waals surface area contributed by atoms with Gasteiger partial charge in [0.05, 0.1) is 23.2 Å². The minimum absolute atomic E-state index is 0.0388. The monoisotopic (exact) mass is 433 g/mol. The maximum atomic E-state index is 14.2. The number of halogens is 1. The maximum absolute atomic E-state index is 14.2. The number of carbonyl (C=O) groups excluding carboxylic acids is 1. The van der Waals surface area contributed by atoms with Crippen molar-refractivity contribution < 1.29 is 23.4 Å². The van der Waals surface area contributed by atoms with Gasteiger partial charge in [-0.2, -0.15) is 4.98 Å². The third-order valence-electron chi connectivity index (χ3n) is 4.94. The van der Waals surface area contributed by atoms with E-state index in [1.807, 2.05) is 31.2 Å². The zero-order valence-corrected chi connectivity index (χ0v) is 17.0. The highest BCUT2D eigenvalue weighted by Gasteiger charge is 2.21. The van der Waals surface area contributed by atoms with E-state index in [0.717, 1.165) is 24.3 Å². The van der Waals surface area contributed by atoms with Crippen molar-refractivity contribution in [1.29, 1.82) is 0 Å². The van der Waals surface area contributed by atoms with Gasteiger partial charge in [0.25, 0.3) is 11.6 Å². The number of aryl methyl sites for hydroxylation is 1. The third-order valence-corrected chi connectivity index (χ3v) is 4.94. The summed E-state index contributed by atoms with van der Waals surface area (Å²) in [5, 5.41) is 15.6. The van der Waals surface area contributed by atoms with E-state index in [4.69, 9.17) is 4.52 Å². The fourth-order valence-electron chi connectivity index (χ4n) is 3.31. The number of benzene rings is 3. The van der Waals surface area contributed by atoms with Crippen LogP contribution in [0.4, 0.5) is 10.1 Å². The van der Waals surface area contributed by atoms with Gasteiger partial charge in [-0.3, -0.25) is 10.1 Å². The minimum Gasteiger partial charge on any atom is -0.465 e. The van der Waals surface area contributed by atoms with Crippen molar-refractivity contribution in [3.63, 3.8) is 0 Å². The van der Waals surface area contributed by atoms with Crippen LogP contribution in [0.3, 0.4) is 0 Å². The molecule has 9 heteroatoms. The van der Waals surface area contributed by atoms with Crippen LogP contribution in [0.1, 0.15) is 15.9 Å². The first-order chi connectivity index (χ1) is 15.4. The Morgan fingerprint density at radius 1 is 1.06 bits per heavy atom. The lowest BCUT2D eigenvalue weighted by Gasteiger charge is -2.07. The molecule has 3 aromatic carbocycles. The number of carbonyl (C=O) groups is 1. The molecule has 0 amide bonds. The number of nitro benzene ring substituents is 1. The van der Waals surface area contributed by atoms with Crippen LogP contribution in [0.15, 0.2) is 65.2 Å². The van der Waals surface area contributed by atoms with Crippen LogP contribution >= 0.6 is 0 Å². The molecule has 8 nitrogen and oxygen atoms in total. The van der Waals surface area contributed by atoms with E-state index < -0.39 is 16.7 Å². The summed E-state index contributed by atoms with van der Waals surface area (Å²) in [6.07, 6.45) is 0. The van der Waals surface area contributed by atoms with Gasteiger partial charge in [-0.1, -0.05) is 29.4 Å². The Hall–Kier alpha value is -4.40. The molecule has 0 fully saturated rings. The summed E-state index contributed by atoms with van der Waals surface area (Å²) in [6.45, 7) is 1.88. The third kappa shape index (κ3) is 3.83. The fourth-order valence-corrected chi connectivity index (χ4v) is 3.31. The van der Waals surface area contributed by atoms with Gasteiger partial charge in [0, 0.05) is 17.2 Å². The second kappa shape index (κ2) is 8.38. The Morgan fingerprint density at radius 3 is 2.50 bits per heavy atom. The lowest BCUT2D eigenvalue weighted by Crippen LogP contribution is -2.04. The van der Waals surface area contributed by atoms with Crippen LogP contribution in [0, 0.1) is 22.9 Å². The lowest BCUT2D eigenvalue weighted by atomic mass is 9.97. The molecule has 0 atom stereocenters. The highest BCUT2D eigenvalue weighted by Crippen LogP contribution is 2.35. The van der Waals surface area contributed by atoms with Gasteiger partial charge >= 0.3 is 5.97 Å². The first-order valence-electron chi connectivity index (χ1n) is 9.46. The molecule has 0 bridgehead atoms. The number of nitrogens with zero attached hydrogens (tertiary/aromatic N) is 3. The van der Waals surface area contributed by atoms with Gasteiger partial charge < -0.3 is 9.26 Å². The van der Waals surface area contributed by atoms with Crippen LogP contribution in [0.25, 0.3) is 34.0 Å². The van der Waals surface area contributed by atoms with Crippen molar-refractivity contribution >= 4 is 11.7 Å². The summed E-state index contributed by atoms with van der Waals surface area (Å²) in [4.78, 5) is 27.0. The van der Waals surface area contributed by atoms with Gasteiger partial charge in [0.1, 0.15) is 5.82 Å². The zero-order valence-electron chi connectivity index (χ0n) is 17.0. The van der Waals surface area contributed by atoms with Gasteiger partial charge in [-0.15, -0.1) is 0 Å². The summed E-state index contributed by atoms with van der Waals surface area (Å²) in [5.41, 5.74) is 2.42. The van der Waals surface area contributed by atoms with Crippen molar-refractivity contribution in [3.8, 4) is 34.0 Å². The molecule has 1 aromatic heterocycles. The molecule has 4 aromatic rings. The van der Waals surface area contributed by atoms with E-state index in [1.54, 1.807) is 12.1 Å². The standard InChI is InChI=1S/C23H16FN3O5/c1-13-5-3-4-6-16(13)17-9-8-15(12-20(17)27(29)30)22-25-21(26-32-22)14-7-10-18(19(24)11-14)23(28)31-2/h3-12H,1-2H3. The molecule has 4 rings (SSSR count). The fraction of sp³-hybridized carbons (Fsp3) is 0.0870. The van der Waals surface area contributed by atoms with E-state index in [1.165, 1.54) is 18.2 Å². The Balaban J connectivity index is 1.71. The summed E-state index contributed by atoms with van der Waals surface area (Å²) >= 11 is 0. The predicted octanol–water partition coefficient (Wildman–Crippen LogP) is 5.21. The molecule has 32 heavy (non-hydrogen) atoms. The Morgan fingerprint density at radius 2 is 1.81 bits per heavy atom. The predicted molar refractivity (Wildman–Crippen MR) is 113 cm³/mol. The van der Waals surface area contributed by atoms with E-state index in [-0.39, 0.29) is 28.5 Å². The Bertz CT molecular complexity index is 1350. The lowest BCUT2D eigenvalue weighted by molar-refractivity contribution is -0.384. The van der Waals surface area contributed by atoms with Gasteiger partial charge in [0.15, 0.2) is 0 Å². The molecule has 0 N–H and O–H groups in total. The highest BCUT2D eigenvalue weighted by atomic mass is 19.1. The Labute approximate surface area is 181 Å². The second-order valence-corrected chi connectivity index (χ2v) is 6.91. The van der Waals surface area contributed by atoms with Crippen LogP contribution < -0.4 is 0 Å². The number of rotatable bonds is 5. The number of hydrogen-bond donors (Lipinski definition) is 0. The molecule has 0 saturated carbocycles. The van der Waals surface area contributed by atoms with Gasteiger partial charge in [0.2, 0.25) is 5.82 Å². The molecule has 0 aliphatic heterocycles. The average Bonchev–Trinajstić information content (AvgIpc) is 3.29. The first-order valence-corrected chi connectivity index (χ1v) is 9.46. The minimum atomic E-state index is -0.802. The normalized spacial score (nSPS) is 10.7. The van der Waals surface area contributed by atoms with Crippen LogP contribution in [-0.4, -0.2) is 28.1 Å². The zero-order chi connectivity index (χ0) is 22.8. The summed E-state index contributed by atoms with van der Waals surface area (Å²) in [7, 11) is 1.16. The molecular formula is C23H16FN3O5. The van der Waals surface area contributed by atoms with Crippen LogP contribution in [0.5, 0.6) is 0 Å². The van der Waals surface area contributed by atoms with E-state index >= 15 is 0 Å². The van der Waals surface area contributed by atoms with Crippen molar-refractivity contribution in [2.45, 2.75) is 6.92 Å². The van der Waals surface area contributed by atoms with Crippen molar-refractivity contribution in [1.82, 2.24) is 10.1 Å². The molecule has 1 heterocycles. The summed E-state index contributed by atoms with van der Waals surface area (Å²) in [5.74, 6) is -1.49. The van der Waals surface area contributed by atoms with Gasteiger partial charge in [-0.05, 0) is 48.4 Å². The van der Waals surface area contributed by atoms with Crippen LogP contribution in [0.2, 0.25) is 0 Å². The number of nitro groups is 1. The van der Waals surface area contributed by atoms with Crippen molar-refractivity contribution in [3.05, 3.63) is 87.7 Å². The molecule has 0 radical (unpaired) electrons. The smallest absolute Gasteiger partial charge is 0.340 e. The number of hydrogen-bond acceptors (Lipinski definition) is 7. The van der Waals surface area contributed by atoms with Crippen LogP contribution in [-0.2, 0) is 4.74 Å². The molecule has 0 spiro atoms. The highest BCUT2D eigenvalue weighted by molar-refractivity contribution is 5.90. The quantitative estimate of drug-likeness (QED) is 0.241. The summed E-state index contributed by atoms with van der Waals surface area (Å²) in [6, 6.07) is 15.8. The number of aromatic nitrogens is 2. The molecule has 0 saturated heterocycles. The molecular weight excluding hydrogens is 417 g/mol. The summed E-state index contributed by atoms with van der Waals surface area (Å²) < 4.78 is 24.0. The topological polar surface area (TPSA) is 108 Å². The molecule has 0 unspecified atom stereocenters. The largest absolute Gasteiger partial charge is 0.465 e. The first kappa shape index (κ1) is 20.9. The second-order valence-electron chi connectivity index (χ2n) is 6.91. The number of esters is 1.